The fourth-order valence-corrected chi connectivity index (χ4v) is 7.32. The van der Waals surface area contributed by atoms with E-state index in [4.69, 9.17) is 11.3 Å². The van der Waals surface area contributed by atoms with Gasteiger partial charge in [-0.05, 0) is 91.3 Å². The van der Waals surface area contributed by atoms with Crippen LogP contribution in [0.15, 0.2) is 201 Å². The lowest BCUT2D eigenvalue weighted by Crippen LogP contribution is -2.05. The van der Waals surface area contributed by atoms with E-state index in [1.54, 1.807) is 0 Å². The van der Waals surface area contributed by atoms with Crippen molar-refractivity contribution in [2.45, 2.75) is 12.8 Å². The molecule has 1 aliphatic heterocycles. The van der Waals surface area contributed by atoms with Crippen LogP contribution in [0.1, 0.15) is 51.8 Å². The topological polar surface area (TPSA) is 9.23 Å². The number of hydrogen-bond donors (Lipinski definition) is 0. The van der Waals surface area contributed by atoms with E-state index in [1.807, 2.05) is 36.6 Å². The molecule has 244 valence electrons. The molecule has 51 heavy (non-hydrogen) atoms. The molecule has 0 saturated heterocycles. The Balaban J connectivity index is 1.31. The van der Waals surface area contributed by atoms with E-state index < -0.39 is 0 Å². The molecule has 0 aromatic heterocycles. The second-order valence-corrected chi connectivity index (χ2v) is 12.9. The van der Waals surface area contributed by atoms with Crippen LogP contribution in [-0.4, -0.2) is 0 Å². The van der Waals surface area contributed by atoms with E-state index in [0.29, 0.717) is 0 Å². The SMILES string of the molecule is C=C(c1ccccc1/C(=C1/C=CC=CC1)c1c(C2=CC=CC2)cccc1-c1ccccc1)c1cccc2c1C(=C)/C=C\C(c1ccccc1)=C/O2. The van der Waals surface area contributed by atoms with Crippen LogP contribution in [0.3, 0.4) is 0 Å². The van der Waals surface area contributed by atoms with Gasteiger partial charge in [0.15, 0.2) is 0 Å². The van der Waals surface area contributed by atoms with Crippen LogP contribution in [0.2, 0.25) is 0 Å². The lowest BCUT2D eigenvalue weighted by molar-refractivity contribution is 0.481. The van der Waals surface area contributed by atoms with Crippen LogP contribution in [0.5, 0.6) is 5.75 Å². The lowest BCUT2D eigenvalue weighted by Gasteiger charge is -2.25. The first kappa shape index (κ1) is 31.8. The summed E-state index contributed by atoms with van der Waals surface area (Å²) < 4.78 is 6.42. The van der Waals surface area contributed by atoms with E-state index in [0.717, 1.165) is 63.1 Å². The molecule has 0 unspecified atom stereocenters. The van der Waals surface area contributed by atoms with Gasteiger partial charge >= 0.3 is 0 Å². The molecule has 3 aliphatic rings. The maximum absolute atomic E-state index is 6.42. The van der Waals surface area contributed by atoms with Crippen molar-refractivity contribution < 1.29 is 4.74 Å². The average Bonchev–Trinajstić information content (AvgIpc) is 3.73. The van der Waals surface area contributed by atoms with Crippen molar-refractivity contribution >= 4 is 27.9 Å². The molecule has 0 saturated carbocycles. The Morgan fingerprint density at radius 2 is 1.25 bits per heavy atom. The molecule has 0 N–H and O–H groups in total. The summed E-state index contributed by atoms with van der Waals surface area (Å²) in [7, 11) is 0. The number of fused-ring (bicyclic) bond motifs is 1. The second-order valence-electron chi connectivity index (χ2n) is 12.9. The van der Waals surface area contributed by atoms with Crippen LogP contribution in [0.25, 0.3) is 39.0 Å². The maximum Gasteiger partial charge on any atom is 0.134 e. The van der Waals surface area contributed by atoms with E-state index >= 15 is 0 Å². The molecule has 0 fully saturated rings. The summed E-state index contributed by atoms with van der Waals surface area (Å²) in [6.07, 6.45) is 23.2. The molecule has 0 atom stereocenters. The molecule has 1 nitrogen and oxygen atoms in total. The third-order valence-electron chi connectivity index (χ3n) is 9.80. The van der Waals surface area contributed by atoms with Gasteiger partial charge in [-0.25, -0.2) is 0 Å². The van der Waals surface area contributed by atoms with Crippen molar-refractivity contribution in [3.63, 3.8) is 0 Å². The Bertz CT molecular complexity index is 2390. The van der Waals surface area contributed by atoms with Gasteiger partial charge in [-0.1, -0.05) is 183 Å². The first-order chi connectivity index (χ1) is 25.2. The number of benzene rings is 5. The quantitative estimate of drug-likeness (QED) is 0.170. The van der Waals surface area contributed by atoms with Gasteiger partial charge in [-0.15, -0.1) is 0 Å². The molecule has 2 aliphatic carbocycles. The zero-order valence-electron chi connectivity index (χ0n) is 28.6. The highest BCUT2D eigenvalue weighted by Crippen LogP contribution is 2.46. The van der Waals surface area contributed by atoms with Gasteiger partial charge in [0.05, 0.1) is 6.26 Å². The summed E-state index contributed by atoms with van der Waals surface area (Å²) in [4.78, 5) is 0. The van der Waals surface area contributed by atoms with Crippen molar-refractivity contribution in [3.05, 3.63) is 240 Å². The normalized spacial score (nSPS) is 17.4. The number of hydrogen-bond acceptors (Lipinski definition) is 1. The predicted octanol–water partition coefficient (Wildman–Crippen LogP) is 13.1. The first-order valence-corrected chi connectivity index (χ1v) is 17.5. The van der Waals surface area contributed by atoms with Crippen LogP contribution in [-0.2, 0) is 0 Å². The average molecular weight is 655 g/mol. The molecular weight excluding hydrogens is 617 g/mol. The van der Waals surface area contributed by atoms with E-state index in [1.165, 1.54) is 39.0 Å². The first-order valence-electron chi connectivity index (χ1n) is 17.5. The molecule has 5 aromatic carbocycles. The molecule has 0 amide bonds. The summed E-state index contributed by atoms with van der Waals surface area (Å²) in [5.74, 6) is 0.755. The Kier molecular flexibility index (Phi) is 8.85. The standard InChI is InChI=1S/C50H38O/c1-35-32-33-41(37-18-6-3-7-19-37)34-51-47-31-17-28-43(48(35)47)36(2)42-26-14-15-27-46(42)49(40-24-10-5-11-25-40)50-44(38-20-8-4-9-21-38)29-16-30-45(50)39-22-12-13-23-39/h3-22,24,26-34H,1-2,23,25H2/b33-32-,41-34+,49-40+. The highest BCUT2D eigenvalue weighted by atomic mass is 16.5. The lowest BCUT2D eigenvalue weighted by atomic mass is 9.78. The Morgan fingerprint density at radius 3 is 2.00 bits per heavy atom. The molecule has 1 heterocycles. The highest BCUT2D eigenvalue weighted by molar-refractivity contribution is 6.02. The largest absolute Gasteiger partial charge is 0.464 e. The summed E-state index contributed by atoms with van der Waals surface area (Å²) in [6, 6.07) is 42.7. The van der Waals surface area contributed by atoms with Gasteiger partial charge in [-0.2, -0.15) is 0 Å². The van der Waals surface area contributed by atoms with Crippen molar-refractivity contribution in [3.8, 4) is 16.9 Å². The van der Waals surface area contributed by atoms with Crippen molar-refractivity contribution in [1.29, 1.82) is 0 Å². The van der Waals surface area contributed by atoms with Crippen molar-refractivity contribution in [2.75, 3.05) is 0 Å². The molecule has 1 heteroatoms. The predicted molar refractivity (Wildman–Crippen MR) is 217 cm³/mol. The van der Waals surface area contributed by atoms with Crippen LogP contribution in [0.4, 0.5) is 0 Å². The van der Waals surface area contributed by atoms with Gasteiger partial charge in [0.2, 0.25) is 0 Å². The zero-order valence-corrected chi connectivity index (χ0v) is 28.6. The molecule has 0 spiro atoms. The molecule has 0 bridgehead atoms. The monoisotopic (exact) mass is 654 g/mol. The Labute approximate surface area is 301 Å². The summed E-state index contributed by atoms with van der Waals surface area (Å²) in [6.45, 7) is 9.33. The highest BCUT2D eigenvalue weighted by Gasteiger charge is 2.25. The summed E-state index contributed by atoms with van der Waals surface area (Å²) >= 11 is 0. The fourth-order valence-electron chi connectivity index (χ4n) is 7.32. The fraction of sp³-hybridized carbons (Fsp3) is 0.0400. The van der Waals surface area contributed by atoms with E-state index in [-0.39, 0.29) is 0 Å². The molecule has 5 aromatic rings. The van der Waals surface area contributed by atoms with E-state index in [2.05, 4.69) is 152 Å². The van der Waals surface area contributed by atoms with Crippen LogP contribution < -0.4 is 4.74 Å². The minimum absolute atomic E-state index is 0.755. The van der Waals surface area contributed by atoms with Gasteiger partial charge in [0, 0.05) is 11.1 Å². The Morgan fingerprint density at radius 1 is 0.569 bits per heavy atom. The van der Waals surface area contributed by atoms with Gasteiger partial charge in [0.25, 0.3) is 0 Å². The maximum atomic E-state index is 6.42. The molecule has 0 radical (unpaired) electrons. The number of rotatable bonds is 7. The number of ether oxygens (including phenoxy) is 1. The minimum atomic E-state index is 0.755. The Hall–Kier alpha value is -6.44. The third-order valence-corrected chi connectivity index (χ3v) is 9.80. The number of allylic oxidation sites excluding steroid dienone is 13. The van der Waals surface area contributed by atoms with E-state index in [9.17, 15) is 0 Å². The molecular formula is C50H38O. The summed E-state index contributed by atoms with van der Waals surface area (Å²) in [5, 5.41) is 0. The summed E-state index contributed by atoms with van der Waals surface area (Å²) in [5.41, 5.74) is 16.7. The second kappa shape index (κ2) is 14.2. The van der Waals surface area contributed by atoms with Gasteiger partial charge in [-0.3, -0.25) is 0 Å². The minimum Gasteiger partial charge on any atom is -0.464 e. The van der Waals surface area contributed by atoms with Crippen molar-refractivity contribution in [1.82, 2.24) is 0 Å². The van der Waals surface area contributed by atoms with Gasteiger partial charge < -0.3 is 4.74 Å². The van der Waals surface area contributed by atoms with Crippen LogP contribution >= 0.6 is 0 Å². The third kappa shape index (κ3) is 6.27. The molecule has 8 rings (SSSR count). The smallest absolute Gasteiger partial charge is 0.134 e. The van der Waals surface area contributed by atoms with Crippen LogP contribution in [0, 0.1) is 0 Å². The van der Waals surface area contributed by atoms with Crippen molar-refractivity contribution in [2.24, 2.45) is 0 Å². The van der Waals surface area contributed by atoms with Gasteiger partial charge in [0.1, 0.15) is 5.75 Å². The zero-order chi connectivity index (χ0) is 34.6.